The summed E-state index contributed by atoms with van der Waals surface area (Å²) in [7, 11) is 0. The Morgan fingerprint density at radius 2 is 1.85 bits per heavy atom. The smallest absolute Gasteiger partial charge is 0.258 e. The fourth-order valence-electron chi connectivity index (χ4n) is 3.58. The molecule has 0 saturated heterocycles. The zero-order valence-corrected chi connectivity index (χ0v) is 16.2. The lowest BCUT2D eigenvalue weighted by molar-refractivity contribution is 0.0432. The summed E-state index contributed by atoms with van der Waals surface area (Å²) in [6.45, 7) is 10.3. The molecule has 2 atom stereocenters. The number of nitrogens with one attached hydrogen (secondary N) is 1. The van der Waals surface area contributed by atoms with E-state index in [1.807, 2.05) is 67.3 Å². The first-order valence-corrected chi connectivity index (χ1v) is 9.35. The van der Waals surface area contributed by atoms with Crippen molar-refractivity contribution in [3.05, 3.63) is 59.7 Å². The summed E-state index contributed by atoms with van der Waals surface area (Å²) in [5.74, 6) is 0.875. The quantitative estimate of drug-likeness (QED) is 0.822. The summed E-state index contributed by atoms with van der Waals surface area (Å²) in [5, 5.41) is 3.60. The molecule has 4 heteroatoms. The number of carbonyl (C=O) groups excluding carboxylic acids is 1. The normalized spacial score (nSPS) is 20.5. The molecule has 0 aromatic heterocycles. The molecule has 0 aliphatic carbocycles. The van der Waals surface area contributed by atoms with Crippen LogP contribution >= 0.6 is 0 Å². The van der Waals surface area contributed by atoms with Gasteiger partial charge in [0.1, 0.15) is 11.4 Å². The lowest BCUT2D eigenvalue weighted by Crippen LogP contribution is -2.58. The maximum absolute atomic E-state index is 13.2. The van der Waals surface area contributed by atoms with Gasteiger partial charge in [0, 0.05) is 17.3 Å². The molecule has 1 aliphatic rings. The van der Waals surface area contributed by atoms with Crippen LogP contribution < -0.4 is 10.1 Å². The van der Waals surface area contributed by atoms with Gasteiger partial charge in [0.15, 0.2) is 0 Å². The summed E-state index contributed by atoms with van der Waals surface area (Å²) in [6.07, 6.45) is 1.10. The molecule has 2 unspecified atom stereocenters. The van der Waals surface area contributed by atoms with Crippen LogP contribution in [0.2, 0.25) is 0 Å². The predicted molar refractivity (Wildman–Crippen MR) is 106 cm³/mol. The van der Waals surface area contributed by atoms with Crippen LogP contribution in [0.1, 0.15) is 57.0 Å². The minimum atomic E-state index is -0.644. The van der Waals surface area contributed by atoms with E-state index in [2.05, 4.69) is 26.1 Å². The van der Waals surface area contributed by atoms with Crippen molar-refractivity contribution in [3.8, 4) is 5.75 Å². The Bertz CT molecular complexity index is 802. The highest BCUT2D eigenvalue weighted by atomic mass is 16.5. The number of rotatable bonds is 5. The fraction of sp³-hybridized carbons (Fsp3) is 0.409. The number of hydrogen-bond acceptors (Lipinski definition) is 3. The van der Waals surface area contributed by atoms with Gasteiger partial charge < -0.3 is 15.0 Å². The number of amides is 1. The second kappa shape index (κ2) is 7.02. The molecule has 0 fully saturated rings. The molecule has 0 spiro atoms. The maximum atomic E-state index is 13.2. The Balaban J connectivity index is 2.07. The van der Waals surface area contributed by atoms with E-state index in [0.29, 0.717) is 5.56 Å². The predicted octanol–water partition coefficient (Wildman–Crippen LogP) is 5.01. The molecular weight excluding hydrogens is 324 g/mol. The van der Waals surface area contributed by atoms with Gasteiger partial charge in [-0.25, -0.2) is 0 Å². The van der Waals surface area contributed by atoms with Crippen LogP contribution in [0.15, 0.2) is 48.5 Å². The molecule has 4 nitrogen and oxygen atoms in total. The van der Waals surface area contributed by atoms with Gasteiger partial charge in [0.2, 0.25) is 0 Å². The van der Waals surface area contributed by atoms with E-state index in [1.54, 1.807) is 0 Å². The van der Waals surface area contributed by atoms with Gasteiger partial charge in [-0.1, -0.05) is 31.2 Å². The van der Waals surface area contributed by atoms with E-state index in [-0.39, 0.29) is 18.1 Å². The zero-order chi connectivity index (χ0) is 18.9. The number of anilines is 1. The minimum absolute atomic E-state index is 0.0464. The van der Waals surface area contributed by atoms with E-state index in [0.717, 1.165) is 23.4 Å². The number of hydrogen-bond donors (Lipinski definition) is 1. The lowest BCUT2D eigenvalue weighted by atomic mass is 9.92. The average Bonchev–Trinajstić information content (AvgIpc) is 2.61. The monoisotopic (exact) mass is 352 g/mol. The molecule has 1 heterocycles. The first-order valence-electron chi connectivity index (χ1n) is 9.35. The summed E-state index contributed by atoms with van der Waals surface area (Å²) in [4.78, 5) is 15.1. The Kier molecular flexibility index (Phi) is 4.94. The van der Waals surface area contributed by atoms with E-state index in [4.69, 9.17) is 4.74 Å². The Morgan fingerprint density at radius 3 is 2.54 bits per heavy atom. The van der Waals surface area contributed by atoms with Gasteiger partial charge >= 0.3 is 0 Å². The fourth-order valence-corrected chi connectivity index (χ4v) is 3.58. The highest BCUT2D eigenvalue weighted by molar-refractivity contribution is 6.02. The highest BCUT2D eigenvalue weighted by Crippen LogP contribution is 2.39. The standard InChI is InChI=1S/C22H28N2O2/c1-6-16(4)26-18-11-9-10-17(14-18)22(5)23-20-13-8-7-12-19(20)21(25)24(22)15(2)3/h7-16,23H,6H2,1-5H3. The van der Waals surface area contributed by atoms with Gasteiger partial charge in [-0.3, -0.25) is 4.79 Å². The minimum Gasteiger partial charge on any atom is -0.491 e. The summed E-state index contributed by atoms with van der Waals surface area (Å²) in [6, 6.07) is 15.8. The van der Waals surface area contributed by atoms with Gasteiger partial charge in [0.05, 0.1) is 11.7 Å². The molecule has 3 rings (SSSR count). The highest BCUT2D eigenvalue weighted by Gasteiger charge is 2.43. The number of benzene rings is 2. The lowest BCUT2D eigenvalue weighted by Gasteiger charge is -2.48. The molecular formula is C22H28N2O2. The Labute approximate surface area is 156 Å². The van der Waals surface area contributed by atoms with Crippen LogP contribution in [-0.2, 0) is 5.66 Å². The van der Waals surface area contributed by atoms with Crippen molar-refractivity contribution in [1.82, 2.24) is 4.90 Å². The van der Waals surface area contributed by atoms with Gasteiger partial charge in [-0.05, 0) is 58.4 Å². The number of nitrogens with zero attached hydrogens (tertiary/aromatic N) is 1. The van der Waals surface area contributed by atoms with E-state index >= 15 is 0 Å². The topological polar surface area (TPSA) is 41.6 Å². The third-order valence-electron chi connectivity index (χ3n) is 5.06. The summed E-state index contributed by atoms with van der Waals surface area (Å²) >= 11 is 0. The molecule has 0 saturated carbocycles. The molecule has 0 radical (unpaired) electrons. The van der Waals surface area contributed by atoms with Crippen LogP contribution in [0.25, 0.3) is 0 Å². The van der Waals surface area contributed by atoms with Crippen molar-refractivity contribution in [3.63, 3.8) is 0 Å². The molecule has 1 amide bonds. The summed E-state index contributed by atoms with van der Waals surface area (Å²) in [5.41, 5.74) is 1.94. The van der Waals surface area contributed by atoms with Crippen molar-refractivity contribution in [1.29, 1.82) is 0 Å². The first-order chi connectivity index (χ1) is 12.4. The number of para-hydroxylation sites is 1. The Morgan fingerprint density at radius 1 is 1.12 bits per heavy atom. The van der Waals surface area contributed by atoms with Gasteiger partial charge in [0.25, 0.3) is 5.91 Å². The number of carbonyl (C=O) groups is 1. The molecule has 0 bridgehead atoms. The van der Waals surface area contributed by atoms with Crippen molar-refractivity contribution < 1.29 is 9.53 Å². The van der Waals surface area contributed by atoms with E-state index in [1.165, 1.54) is 0 Å². The van der Waals surface area contributed by atoms with E-state index < -0.39 is 5.66 Å². The van der Waals surface area contributed by atoms with Gasteiger partial charge in [-0.15, -0.1) is 0 Å². The Hall–Kier alpha value is -2.49. The van der Waals surface area contributed by atoms with Crippen molar-refractivity contribution in [2.24, 2.45) is 0 Å². The third-order valence-corrected chi connectivity index (χ3v) is 5.06. The maximum Gasteiger partial charge on any atom is 0.258 e. The molecule has 1 aliphatic heterocycles. The largest absolute Gasteiger partial charge is 0.491 e. The zero-order valence-electron chi connectivity index (χ0n) is 16.2. The van der Waals surface area contributed by atoms with Crippen LogP contribution in [-0.4, -0.2) is 23.0 Å². The van der Waals surface area contributed by atoms with Crippen LogP contribution in [0.5, 0.6) is 5.75 Å². The molecule has 138 valence electrons. The van der Waals surface area contributed by atoms with Crippen LogP contribution in [0, 0.1) is 0 Å². The molecule has 2 aromatic carbocycles. The third kappa shape index (κ3) is 3.16. The average molecular weight is 352 g/mol. The SMILES string of the molecule is CCC(C)Oc1cccc(C2(C)Nc3ccccc3C(=O)N2C(C)C)c1. The van der Waals surface area contributed by atoms with Crippen LogP contribution in [0.3, 0.4) is 0 Å². The van der Waals surface area contributed by atoms with Crippen molar-refractivity contribution in [2.45, 2.75) is 58.8 Å². The molecule has 26 heavy (non-hydrogen) atoms. The van der Waals surface area contributed by atoms with Crippen LogP contribution in [0.4, 0.5) is 5.69 Å². The van der Waals surface area contributed by atoms with Crippen molar-refractivity contribution in [2.75, 3.05) is 5.32 Å². The first kappa shape index (κ1) is 18.3. The van der Waals surface area contributed by atoms with E-state index in [9.17, 15) is 4.79 Å². The second-order valence-corrected chi connectivity index (χ2v) is 7.38. The van der Waals surface area contributed by atoms with Crippen molar-refractivity contribution >= 4 is 11.6 Å². The molecule has 1 N–H and O–H groups in total. The second-order valence-electron chi connectivity index (χ2n) is 7.38. The number of ether oxygens (including phenoxy) is 1. The van der Waals surface area contributed by atoms with Gasteiger partial charge in [-0.2, -0.15) is 0 Å². The molecule has 2 aromatic rings. The summed E-state index contributed by atoms with van der Waals surface area (Å²) < 4.78 is 6.00. The number of fused-ring (bicyclic) bond motifs is 1.